The fourth-order valence-electron chi connectivity index (χ4n) is 10.9. The van der Waals surface area contributed by atoms with Crippen LogP contribution in [0.3, 0.4) is 0 Å². The van der Waals surface area contributed by atoms with Crippen molar-refractivity contribution in [2.24, 2.45) is 0 Å². The van der Waals surface area contributed by atoms with Crippen LogP contribution in [0.5, 0.6) is 0 Å². The topological polar surface area (TPSA) is 6.48 Å². The van der Waals surface area contributed by atoms with E-state index >= 15 is 0 Å². The van der Waals surface area contributed by atoms with E-state index < -0.39 is 0 Å². The first-order chi connectivity index (χ1) is 28.5. The van der Waals surface area contributed by atoms with E-state index in [9.17, 15) is 0 Å². The third-order valence-electron chi connectivity index (χ3n) is 13.4. The first-order valence-corrected chi connectivity index (χ1v) is 20.9. The van der Waals surface area contributed by atoms with Gasteiger partial charge in [0.1, 0.15) is 0 Å². The Morgan fingerprint density at radius 1 is 0.379 bits per heavy atom. The van der Waals surface area contributed by atoms with Crippen molar-refractivity contribution < 1.29 is 0 Å². The van der Waals surface area contributed by atoms with Crippen molar-refractivity contribution in [2.45, 2.75) is 50.4 Å². The molecule has 0 saturated carbocycles. The summed E-state index contributed by atoms with van der Waals surface area (Å²) in [4.78, 5) is 5.10. The molecule has 0 aliphatic heterocycles. The Hall–Kier alpha value is -6.64. The largest absolute Gasteiger partial charge is 0.310 e. The number of rotatable bonds is 7. The maximum absolute atomic E-state index is 2.61. The summed E-state index contributed by atoms with van der Waals surface area (Å²) in [6.07, 6.45) is 4.27. The Morgan fingerprint density at radius 3 is 1.43 bits per heavy atom. The summed E-state index contributed by atoms with van der Waals surface area (Å²) in [7, 11) is 0. The maximum Gasteiger partial charge on any atom is 0.0546 e. The molecule has 2 heteroatoms. The zero-order valence-electron chi connectivity index (χ0n) is 33.2. The van der Waals surface area contributed by atoms with E-state index in [1.54, 1.807) is 0 Å². The Balaban J connectivity index is 1.19. The van der Waals surface area contributed by atoms with E-state index in [-0.39, 0.29) is 10.8 Å². The van der Waals surface area contributed by atoms with Crippen LogP contribution in [0.25, 0.3) is 22.3 Å². The number of hydrogen-bond acceptors (Lipinski definition) is 2. The van der Waals surface area contributed by atoms with E-state index in [2.05, 4.69) is 218 Å². The first kappa shape index (κ1) is 34.6. The lowest BCUT2D eigenvalue weighted by atomic mass is 9.74. The molecule has 0 bridgehead atoms. The van der Waals surface area contributed by atoms with Crippen LogP contribution in [-0.4, -0.2) is 0 Å². The van der Waals surface area contributed by atoms with Gasteiger partial charge in [-0.15, -0.1) is 0 Å². The van der Waals surface area contributed by atoms with Gasteiger partial charge in [0.2, 0.25) is 0 Å². The van der Waals surface area contributed by atoms with Crippen LogP contribution in [0.4, 0.5) is 34.1 Å². The molecule has 3 aliphatic rings. The van der Waals surface area contributed by atoms with Crippen molar-refractivity contribution in [2.75, 3.05) is 9.80 Å². The lowest BCUT2D eigenvalue weighted by molar-refractivity contribution is 0.508. The minimum Gasteiger partial charge on any atom is -0.310 e. The molecule has 280 valence electrons. The van der Waals surface area contributed by atoms with Crippen LogP contribution < -0.4 is 9.80 Å². The van der Waals surface area contributed by atoms with Gasteiger partial charge < -0.3 is 9.80 Å². The molecule has 0 unspecified atom stereocenters. The molecule has 0 aromatic heterocycles. The van der Waals surface area contributed by atoms with Crippen LogP contribution in [-0.2, 0) is 23.7 Å². The lowest BCUT2D eigenvalue weighted by Crippen LogP contribution is -2.27. The van der Waals surface area contributed by atoms with Crippen molar-refractivity contribution in [3.63, 3.8) is 0 Å². The van der Waals surface area contributed by atoms with E-state index in [1.165, 1.54) is 89.8 Å². The smallest absolute Gasteiger partial charge is 0.0546 e. The molecule has 0 saturated heterocycles. The van der Waals surface area contributed by atoms with Crippen molar-refractivity contribution >= 4 is 34.1 Å². The van der Waals surface area contributed by atoms with Gasteiger partial charge in [0.15, 0.2) is 0 Å². The monoisotopic (exact) mass is 746 g/mol. The van der Waals surface area contributed by atoms with Crippen LogP contribution >= 0.6 is 0 Å². The summed E-state index contributed by atoms with van der Waals surface area (Å²) >= 11 is 0. The SMILES string of the molecule is CC1(C)c2ccccc2-c2c1ccc(N(c1ccccc1)c1cccc3c1[C@]1(CCc4cccc(N(c5ccccc5)c5ccccc5)c41)CC3)c2-c1ccccc1. The molecule has 0 heterocycles. The molecule has 0 amide bonds. The number of aryl methyl sites for hydroxylation is 2. The Morgan fingerprint density at radius 2 is 0.862 bits per heavy atom. The van der Waals surface area contributed by atoms with Crippen molar-refractivity contribution in [3.05, 3.63) is 228 Å². The molecule has 8 aromatic carbocycles. The standard InChI is InChI=1S/C56H46N2/c1-55(2)46-30-16-15-29-45(46)52-47(55)33-34-48(51(52)39-19-7-3-8-20-39)58(44-27-13-6-14-28-44)50-32-18-22-41-36-38-56(54(41)50)37-35-40-21-17-31-49(53(40)56)57(42-23-9-4-10-24-42)43-25-11-5-12-26-43/h3-34H,35-38H2,1-2H3/t56-/m1/s1. The van der Waals surface area contributed by atoms with Crippen LogP contribution in [0.15, 0.2) is 194 Å². The number of para-hydroxylation sites is 3. The van der Waals surface area contributed by atoms with Gasteiger partial charge in [0.25, 0.3) is 0 Å². The first-order valence-electron chi connectivity index (χ1n) is 20.9. The number of anilines is 6. The number of fused-ring (bicyclic) bond motifs is 7. The molecule has 0 radical (unpaired) electrons. The second-order valence-corrected chi connectivity index (χ2v) is 16.8. The molecule has 58 heavy (non-hydrogen) atoms. The van der Waals surface area contributed by atoms with Crippen molar-refractivity contribution in [1.82, 2.24) is 0 Å². The average molecular weight is 747 g/mol. The summed E-state index contributed by atoms with van der Waals surface area (Å²) in [5.74, 6) is 0. The Kier molecular flexibility index (Phi) is 8.05. The molecular formula is C56H46N2. The summed E-state index contributed by atoms with van der Waals surface area (Å²) < 4.78 is 0. The summed E-state index contributed by atoms with van der Waals surface area (Å²) in [5, 5.41) is 0. The van der Waals surface area contributed by atoms with Crippen LogP contribution in [0.1, 0.15) is 60.1 Å². The lowest BCUT2D eigenvalue weighted by Gasteiger charge is -2.38. The fraction of sp³-hybridized carbons (Fsp3) is 0.143. The van der Waals surface area contributed by atoms with Gasteiger partial charge in [-0.3, -0.25) is 0 Å². The highest BCUT2D eigenvalue weighted by molar-refractivity contribution is 6.02. The predicted octanol–water partition coefficient (Wildman–Crippen LogP) is 14.8. The summed E-state index contributed by atoms with van der Waals surface area (Å²) in [6, 6.07) is 72.1. The average Bonchev–Trinajstić information content (AvgIpc) is 3.93. The number of hydrogen-bond donors (Lipinski definition) is 0. The Labute approximate surface area is 342 Å². The second-order valence-electron chi connectivity index (χ2n) is 16.8. The van der Waals surface area contributed by atoms with Crippen molar-refractivity contribution in [1.29, 1.82) is 0 Å². The normalized spacial score (nSPS) is 16.7. The zero-order chi connectivity index (χ0) is 38.8. The molecular weight excluding hydrogens is 701 g/mol. The highest BCUT2D eigenvalue weighted by atomic mass is 15.2. The van der Waals surface area contributed by atoms with Crippen LogP contribution in [0, 0.1) is 0 Å². The Bertz CT molecular complexity index is 2760. The third-order valence-corrected chi connectivity index (χ3v) is 13.4. The molecule has 1 spiro atoms. The molecule has 2 nitrogen and oxygen atoms in total. The number of benzene rings is 8. The van der Waals surface area contributed by atoms with E-state index in [1.807, 2.05) is 0 Å². The molecule has 11 rings (SSSR count). The third kappa shape index (κ3) is 5.17. The van der Waals surface area contributed by atoms with Gasteiger partial charge in [0, 0.05) is 33.5 Å². The van der Waals surface area contributed by atoms with E-state index in [0.29, 0.717) is 0 Å². The minimum atomic E-state index is -0.162. The fourth-order valence-corrected chi connectivity index (χ4v) is 10.9. The van der Waals surface area contributed by atoms with Gasteiger partial charge in [-0.1, -0.05) is 153 Å². The quantitative estimate of drug-likeness (QED) is 0.160. The van der Waals surface area contributed by atoms with E-state index in [0.717, 1.165) is 25.7 Å². The molecule has 0 N–H and O–H groups in total. The highest BCUT2D eigenvalue weighted by Gasteiger charge is 2.49. The van der Waals surface area contributed by atoms with E-state index in [4.69, 9.17) is 0 Å². The molecule has 8 aromatic rings. The molecule has 0 fully saturated rings. The van der Waals surface area contributed by atoms with Crippen molar-refractivity contribution in [3.8, 4) is 22.3 Å². The van der Waals surface area contributed by atoms with Gasteiger partial charge in [-0.25, -0.2) is 0 Å². The van der Waals surface area contributed by atoms with Gasteiger partial charge in [0.05, 0.1) is 17.1 Å². The van der Waals surface area contributed by atoms with Gasteiger partial charge >= 0.3 is 0 Å². The second kappa shape index (κ2) is 13.5. The molecule has 1 atom stereocenters. The number of nitrogens with zero attached hydrogens (tertiary/aromatic N) is 2. The highest BCUT2D eigenvalue weighted by Crippen LogP contribution is 2.61. The molecule has 3 aliphatic carbocycles. The summed E-state index contributed by atoms with van der Waals surface area (Å²) in [5.41, 5.74) is 20.9. The predicted molar refractivity (Wildman–Crippen MR) is 243 cm³/mol. The summed E-state index contributed by atoms with van der Waals surface area (Å²) in [6.45, 7) is 4.77. The van der Waals surface area contributed by atoms with Gasteiger partial charge in [-0.2, -0.15) is 0 Å². The maximum atomic E-state index is 2.61. The van der Waals surface area contributed by atoms with Gasteiger partial charge in [-0.05, 0) is 130 Å². The zero-order valence-corrected chi connectivity index (χ0v) is 33.2. The minimum absolute atomic E-state index is 0.114. The van der Waals surface area contributed by atoms with Crippen LogP contribution in [0.2, 0.25) is 0 Å².